The van der Waals surface area contributed by atoms with Crippen LogP contribution in [-0.4, -0.2) is 25.2 Å². The monoisotopic (exact) mass is 327 g/mol. The number of aryl methyl sites for hydroxylation is 1. The van der Waals surface area contributed by atoms with Gasteiger partial charge in [-0.25, -0.2) is 4.79 Å². The van der Waals surface area contributed by atoms with E-state index in [1.54, 1.807) is 6.92 Å². The minimum absolute atomic E-state index is 0. The summed E-state index contributed by atoms with van der Waals surface area (Å²) in [5, 5.41) is 0. The van der Waals surface area contributed by atoms with Crippen LogP contribution >= 0.6 is 12.4 Å². The second kappa shape index (κ2) is 9.01. The van der Waals surface area contributed by atoms with Gasteiger partial charge in [-0.05, 0) is 68.3 Å². The lowest BCUT2D eigenvalue weighted by atomic mass is 9.84. The Bertz CT molecular complexity index is 493. The number of carbonyl (C=O) groups is 1. The molecule has 0 saturated heterocycles. The molecule has 1 aliphatic rings. The minimum atomic E-state index is -0.531. The number of esters is 1. The van der Waals surface area contributed by atoms with Crippen molar-refractivity contribution in [2.45, 2.75) is 45.6 Å². The molecular weight excluding hydrogens is 302 g/mol. The summed E-state index contributed by atoms with van der Waals surface area (Å²) < 4.78 is 10.8. The Kier molecular flexibility index (Phi) is 7.69. The Morgan fingerprint density at radius 2 is 2.14 bits per heavy atom. The Balaban J connectivity index is 0.00000242. The molecule has 2 N–H and O–H groups in total. The number of ether oxygens (including phenoxy) is 2. The lowest BCUT2D eigenvalue weighted by molar-refractivity contribution is -0.151. The third-order valence-electron chi connectivity index (χ3n) is 4.04. The highest BCUT2D eigenvalue weighted by Crippen LogP contribution is 2.28. The van der Waals surface area contributed by atoms with Crippen molar-refractivity contribution in [3.05, 3.63) is 29.3 Å². The molecule has 0 bridgehead atoms. The van der Waals surface area contributed by atoms with Crippen LogP contribution in [0.15, 0.2) is 18.2 Å². The third kappa shape index (κ3) is 4.62. The fourth-order valence-corrected chi connectivity index (χ4v) is 2.78. The van der Waals surface area contributed by atoms with E-state index in [9.17, 15) is 4.79 Å². The predicted octanol–water partition coefficient (Wildman–Crippen LogP) is 2.89. The number of carbonyl (C=O) groups excluding carboxylic acids is 1. The Hall–Kier alpha value is -1.26. The van der Waals surface area contributed by atoms with Gasteiger partial charge >= 0.3 is 5.97 Å². The van der Waals surface area contributed by atoms with Gasteiger partial charge in [0.1, 0.15) is 5.75 Å². The quantitative estimate of drug-likeness (QED) is 0.816. The molecule has 0 aliphatic heterocycles. The molecule has 2 atom stereocenters. The van der Waals surface area contributed by atoms with Gasteiger partial charge in [-0.1, -0.05) is 13.0 Å². The molecule has 0 saturated carbocycles. The number of benzene rings is 1. The van der Waals surface area contributed by atoms with Gasteiger partial charge in [0.15, 0.2) is 6.10 Å². The summed E-state index contributed by atoms with van der Waals surface area (Å²) in [6, 6.07) is 6.11. The first-order valence-electron chi connectivity index (χ1n) is 7.83. The van der Waals surface area contributed by atoms with E-state index in [4.69, 9.17) is 15.2 Å². The van der Waals surface area contributed by atoms with Crippen LogP contribution < -0.4 is 10.5 Å². The molecule has 2 rings (SSSR count). The summed E-state index contributed by atoms with van der Waals surface area (Å²) in [6.07, 6.45) is 3.30. The van der Waals surface area contributed by atoms with Gasteiger partial charge in [0.2, 0.25) is 0 Å². The molecule has 4 nitrogen and oxygen atoms in total. The molecule has 0 aromatic heterocycles. The van der Waals surface area contributed by atoms with Crippen molar-refractivity contribution in [2.24, 2.45) is 11.7 Å². The molecule has 0 heterocycles. The van der Waals surface area contributed by atoms with Crippen LogP contribution in [0, 0.1) is 5.92 Å². The number of hydrogen-bond acceptors (Lipinski definition) is 4. The highest BCUT2D eigenvalue weighted by atomic mass is 35.5. The highest BCUT2D eigenvalue weighted by Gasteiger charge is 2.22. The topological polar surface area (TPSA) is 61.5 Å². The van der Waals surface area contributed by atoms with Gasteiger partial charge in [-0.2, -0.15) is 0 Å². The summed E-state index contributed by atoms with van der Waals surface area (Å²) in [5.41, 5.74) is 8.45. The smallest absolute Gasteiger partial charge is 0.347 e. The van der Waals surface area contributed by atoms with E-state index in [-0.39, 0.29) is 18.4 Å². The summed E-state index contributed by atoms with van der Waals surface area (Å²) in [4.78, 5) is 11.8. The van der Waals surface area contributed by atoms with Gasteiger partial charge in [-0.15, -0.1) is 12.4 Å². The number of fused-ring (bicyclic) bond motifs is 1. The molecule has 1 aliphatic carbocycles. The number of halogens is 1. The number of rotatable bonds is 6. The molecule has 2 unspecified atom stereocenters. The Morgan fingerprint density at radius 3 is 2.77 bits per heavy atom. The first-order chi connectivity index (χ1) is 10.2. The van der Waals surface area contributed by atoms with Crippen molar-refractivity contribution in [1.82, 2.24) is 0 Å². The van der Waals surface area contributed by atoms with Gasteiger partial charge in [-0.3, -0.25) is 0 Å². The molecule has 124 valence electrons. The van der Waals surface area contributed by atoms with E-state index in [2.05, 4.69) is 12.1 Å². The van der Waals surface area contributed by atoms with E-state index in [1.165, 1.54) is 11.1 Å². The average Bonchev–Trinajstić information content (AvgIpc) is 2.51. The van der Waals surface area contributed by atoms with Crippen LogP contribution in [0.4, 0.5) is 0 Å². The van der Waals surface area contributed by atoms with Crippen LogP contribution in [0.2, 0.25) is 0 Å². The van der Waals surface area contributed by atoms with Crippen molar-refractivity contribution in [1.29, 1.82) is 0 Å². The Morgan fingerprint density at radius 1 is 1.36 bits per heavy atom. The largest absolute Gasteiger partial charge is 0.479 e. The number of hydrogen-bond donors (Lipinski definition) is 1. The second-order valence-electron chi connectivity index (χ2n) is 5.54. The fraction of sp³-hybridized carbons (Fsp3) is 0.588. The van der Waals surface area contributed by atoms with Crippen LogP contribution in [0.3, 0.4) is 0 Å². The molecule has 0 amide bonds. The molecule has 0 spiro atoms. The zero-order valence-corrected chi connectivity index (χ0v) is 14.2. The van der Waals surface area contributed by atoms with Gasteiger partial charge in [0, 0.05) is 0 Å². The summed E-state index contributed by atoms with van der Waals surface area (Å²) in [7, 11) is 0. The zero-order chi connectivity index (χ0) is 15.2. The maximum absolute atomic E-state index is 11.8. The molecule has 0 fully saturated rings. The van der Waals surface area contributed by atoms with E-state index in [0.29, 0.717) is 18.9 Å². The fourth-order valence-electron chi connectivity index (χ4n) is 2.78. The zero-order valence-electron chi connectivity index (χ0n) is 13.3. The van der Waals surface area contributed by atoms with Crippen molar-refractivity contribution in [2.75, 3.05) is 13.2 Å². The summed E-state index contributed by atoms with van der Waals surface area (Å²) in [6.45, 7) is 4.83. The maximum atomic E-state index is 11.8. The van der Waals surface area contributed by atoms with Gasteiger partial charge in [0.05, 0.1) is 6.61 Å². The SMILES string of the molecule is CCOC(=O)C(CC)Oc1ccc2c(c1)CC(CN)CC2.Cl. The van der Waals surface area contributed by atoms with Crippen LogP contribution in [0.5, 0.6) is 5.75 Å². The van der Waals surface area contributed by atoms with Crippen LogP contribution in [-0.2, 0) is 22.4 Å². The van der Waals surface area contributed by atoms with Crippen LogP contribution in [0.1, 0.15) is 37.8 Å². The third-order valence-corrected chi connectivity index (χ3v) is 4.04. The molecule has 0 radical (unpaired) electrons. The van der Waals surface area contributed by atoms with E-state index in [0.717, 1.165) is 31.6 Å². The Labute approximate surface area is 138 Å². The molecule has 1 aromatic carbocycles. The van der Waals surface area contributed by atoms with E-state index >= 15 is 0 Å². The summed E-state index contributed by atoms with van der Waals surface area (Å²) in [5.74, 6) is 1.00. The standard InChI is InChI=1S/C17H25NO3.ClH/c1-3-16(17(19)20-4-2)21-15-8-7-13-6-5-12(11-18)9-14(13)10-15;/h7-8,10,12,16H,3-6,9,11,18H2,1-2H3;1H. The second-order valence-corrected chi connectivity index (χ2v) is 5.54. The van der Waals surface area contributed by atoms with E-state index in [1.807, 2.05) is 13.0 Å². The molecule has 5 heteroatoms. The van der Waals surface area contributed by atoms with Crippen molar-refractivity contribution in [3.8, 4) is 5.75 Å². The molecular formula is C17H26ClNO3. The van der Waals surface area contributed by atoms with E-state index < -0.39 is 6.10 Å². The highest BCUT2D eigenvalue weighted by molar-refractivity contribution is 5.85. The van der Waals surface area contributed by atoms with Crippen molar-refractivity contribution >= 4 is 18.4 Å². The van der Waals surface area contributed by atoms with Gasteiger partial charge < -0.3 is 15.2 Å². The lowest BCUT2D eigenvalue weighted by Crippen LogP contribution is -2.29. The molecule has 22 heavy (non-hydrogen) atoms. The predicted molar refractivity (Wildman–Crippen MR) is 89.6 cm³/mol. The van der Waals surface area contributed by atoms with Crippen molar-refractivity contribution in [3.63, 3.8) is 0 Å². The van der Waals surface area contributed by atoms with Gasteiger partial charge in [0.25, 0.3) is 0 Å². The van der Waals surface area contributed by atoms with Crippen LogP contribution in [0.25, 0.3) is 0 Å². The lowest BCUT2D eigenvalue weighted by Gasteiger charge is -2.24. The minimum Gasteiger partial charge on any atom is -0.479 e. The van der Waals surface area contributed by atoms with Crippen molar-refractivity contribution < 1.29 is 14.3 Å². The summed E-state index contributed by atoms with van der Waals surface area (Å²) >= 11 is 0. The maximum Gasteiger partial charge on any atom is 0.347 e. The average molecular weight is 328 g/mol. The molecule has 1 aromatic rings. The first kappa shape index (κ1) is 18.8. The number of nitrogens with two attached hydrogens (primary N) is 1. The normalized spacial score (nSPS) is 17.9. The first-order valence-corrected chi connectivity index (χ1v) is 7.83.